The largest absolute Gasteiger partial charge is 0.347 e. The standard InChI is InChI=1S/C13H21N3O2/c1-2-3-4-5-6-12(17)15-11-13(18)16-9-7-14-8-10-16/h1,14H,3-11H2,(H,15,17). The predicted octanol–water partition coefficient (Wildman–Crippen LogP) is -0.272. The zero-order chi connectivity index (χ0) is 13.2. The molecule has 1 saturated heterocycles. The van der Waals surface area contributed by atoms with E-state index in [-0.39, 0.29) is 18.4 Å². The number of unbranched alkanes of at least 4 members (excludes halogenated alkanes) is 2. The molecule has 18 heavy (non-hydrogen) atoms. The summed E-state index contributed by atoms with van der Waals surface area (Å²) in [5.74, 6) is 2.46. The summed E-state index contributed by atoms with van der Waals surface area (Å²) in [6, 6.07) is 0. The first-order valence-corrected chi connectivity index (χ1v) is 6.42. The van der Waals surface area contributed by atoms with Crippen LogP contribution in [0.5, 0.6) is 0 Å². The van der Waals surface area contributed by atoms with Gasteiger partial charge in [-0.05, 0) is 12.8 Å². The summed E-state index contributed by atoms with van der Waals surface area (Å²) in [7, 11) is 0. The molecule has 100 valence electrons. The SMILES string of the molecule is C#CCCCCC(=O)NCC(=O)N1CCNCC1. The highest BCUT2D eigenvalue weighted by Crippen LogP contribution is 1.98. The average molecular weight is 251 g/mol. The molecule has 1 fully saturated rings. The summed E-state index contributed by atoms with van der Waals surface area (Å²) >= 11 is 0. The van der Waals surface area contributed by atoms with Crippen molar-refractivity contribution in [3.63, 3.8) is 0 Å². The molecule has 0 unspecified atom stereocenters. The van der Waals surface area contributed by atoms with Gasteiger partial charge in [0.05, 0.1) is 6.54 Å². The van der Waals surface area contributed by atoms with Crippen molar-refractivity contribution >= 4 is 11.8 Å². The molecule has 0 spiro atoms. The molecule has 0 radical (unpaired) electrons. The van der Waals surface area contributed by atoms with Gasteiger partial charge in [-0.15, -0.1) is 12.3 Å². The van der Waals surface area contributed by atoms with Crippen LogP contribution in [0, 0.1) is 12.3 Å². The van der Waals surface area contributed by atoms with Crippen LogP contribution in [0.4, 0.5) is 0 Å². The second-order valence-electron chi connectivity index (χ2n) is 4.32. The van der Waals surface area contributed by atoms with Gasteiger partial charge in [0, 0.05) is 39.0 Å². The quantitative estimate of drug-likeness (QED) is 0.504. The number of rotatable bonds is 6. The third kappa shape index (κ3) is 5.69. The maximum atomic E-state index is 11.7. The molecular weight excluding hydrogens is 230 g/mol. The lowest BCUT2D eigenvalue weighted by Crippen LogP contribution is -2.49. The van der Waals surface area contributed by atoms with Crippen LogP contribution in [0.15, 0.2) is 0 Å². The van der Waals surface area contributed by atoms with E-state index in [0.717, 1.165) is 39.0 Å². The Bertz CT molecular complexity index is 317. The predicted molar refractivity (Wildman–Crippen MR) is 69.8 cm³/mol. The van der Waals surface area contributed by atoms with Gasteiger partial charge in [0.2, 0.25) is 11.8 Å². The topological polar surface area (TPSA) is 61.4 Å². The molecule has 2 N–H and O–H groups in total. The Morgan fingerprint density at radius 2 is 2.00 bits per heavy atom. The van der Waals surface area contributed by atoms with E-state index in [1.165, 1.54) is 0 Å². The Hall–Kier alpha value is -1.54. The van der Waals surface area contributed by atoms with E-state index >= 15 is 0 Å². The Kier molecular flexibility index (Phi) is 6.89. The second kappa shape index (κ2) is 8.54. The Morgan fingerprint density at radius 3 is 2.67 bits per heavy atom. The highest BCUT2D eigenvalue weighted by Gasteiger charge is 2.16. The summed E-state index contributed by atoms with van der Waals surface area (Å²) in [5, 5.41) is 5.83. The van der Waals surface area contributed by atoms with E-state index in [0.29, 0.717) is 12.8 Å². The third-order valence-electron chi connectivity index (χ3n) is 2.88. The Balaban J connectivity index is 2.09. The van der Waals surface area contributed by atoms with E-state index in [2.05, 4.69) is 16.6 Å². The van der Waals surface area contributed by atoms with Crippen LogP contribution in [-0.2, 0) is 9.59 Å². The van der Waals surface area contributed by atoms with Gasteiger partial charge in [0.15, 0.2) is 0 Å². The molecule has 1 aliphatic heterocycles. The summed E-state index contributed by atoms with van der Waals surface area (Å²) in [6.07, 6.45) is 7.90. The molecule has 0 aromatic heterocycles. The van der Waals surface area contributed by atoms with Crippen molar-refractivity contribution in [1.29, 1.82) is 0 Å². The number of amides is 2. The highest BCUT2D eigenvalue weighted by atomic mass is 16.2. The number of piperazine rings is 1. The molecule has 0 bridgehead atoms. The Labute approximate surface area is 108 Å². The first-order valence-electron chi connectivity index (χ1n) is 6.42. The third-order valence-corrected chi connectivity index (χ3v) is 2.88. The van der Waals surface area contributed by atoms with Crippen LogP contribution in [0.2, 0.25) is 0 Å². The summed E-state index contributed by atoms with van der Waals surface area (Å²) in [4.78, 5) is 25.0. The Morgan fingerprint density at radius 1 is 1.28 bits per heavy atom. The lowest BCUT2D eigenvalue weighted by Gasteiger charge is -2.27. The van der Waals surface area contributed by atoms with Gasteiger partial charge in [-0.1, -0.05) is 0 Å². The first-order chi connectivity index (χ1) is 8.74. The molecule has 1 aliphatic rings. The van der Waals surface area contributed by atoms with Gasteiger partial charge < -0.3 is 15.5 Å². The lowest BCUT2D eigenvalue weighted by molar-refractivity contribution is -0.133. The van der Waals surface area contributed by atoms with Crippen molar-refractivity contribution in [3.05, 3.63) is 0 Å². The normalized spacial score (nSPS) is 14.9. The lowest BCUT2D eigenvalue weighted by atomic mass is 10.2. The fraction of sp³-hybridized carbons (Fsp3) is 0.692. The number of hydrogen-bond donors (Lipinski definition) is 2. The van der Waals surface area contributed by atoms with Crippen molar-refractivity contribution in [1.82, 2.24) is 15.5 Å². The van der Waals surface area contributed by atoms with E-state index < -0.39 is 0 Å². The molecule has 1 rings (SSSR count). The van der Waals surface area contributed by atoms with E-state index in [1.54, 1.807) is 4.90 Å². The first kappa shape index (κ1) is 14.5. The number of nitrogens with one attached hydrogen (secondary N) is 2. The van der Waals surface area contributed by atoms with Crippen molar-refractivity contribution < 1.29 is 9.59 Å². The number of carbonyl (C=O) groups excluding carboxylic acids is 2. The summed E-state index contributed by atoms with van der Waals surface area (Å²) in [5.41, 5.74) is 0. The number of hydrogen-bond acceptors (Lipinski definition) is 3. The molecule has 5 nitrogen and oxygen atoms in total. The minimum absolute atomic E-state index is 0.00604. The fourth-order valence-electron chi connectivity index (χ4n) is 1.80. The summed E-state index contributed by atoms with van der Waals surface area (Å²) < 4.78 is 0. The number of terminal acetylenes is 1. The molecule has 0 aromatic carbocycles. The van der Waals surface area contributed by atoms with Crippen LogP contribution < -0.4 is 10.6 Å². The number of carbonyl (C=O) groups is 2. The van der Waals surface area contributed by atoms with Crippen molar-refractivity contribution in [2.45, 2.75) is 25.7 Å². The van der Waals surface area contributed by atoms with Gasteiger partial charge in [-0.25, -0.2) is 0 Å². The van der Waals surface area contributed by atoms with Crippen LogP contribution in [0.1, 0.15) is 25.7 Å². The monoisotopic (exact) mass is 251 g/mol. The zero-order valence-electron chi connectivity index (χ0n) is 10.7. The maximum absolute atomic E-state index is 11.7. The minimum Gasteiger partial charge on any atom is -0.347 e. The second-order valence-corrected chi connectivity index (χ2v) is 4.32. The van der Waals surface area contributed by atoms with Gasteiger partial charge in [-0.3, -0.25) is 9.59 Å². The maximum Gasteiger partial charge on any atom is 0.242 e. The molecule has 0 aromatic rings. The molecular formula is C13H21N3O2. The smallest absolute Gasteiger partial charge is 0.242 e. The van der Waals surface area contributed by atoms with E-state index in [1.807, 2.05) is 0 Å². The highest BCUT2D eigenvalue weighted by molar-refractivity contribution is 5.84. The van der Waals surface area contributed by atoms with Crippen LogP contribution in [-0.4, -0.2) is 49.4 Å². The van der Waals surface area contributed by atoms with E-state index in [4.69, 9.17) is 6.42 Å². The van der Waals surface area contributed by atoms with Gasteiger partial charge in [0.1, 0.15) is 0 Å². The van der Waals surface area contributed by atoms with Gasteiger partial charge >= 0.3 is 0 Å². The van der Waals surface area contributed by atoms with Crippen molar-refractivity contribution in [3.8, 4) is 12.3 Å². The zero-order valence-corrected chi connectivity index (χ0v) is 10.7. The molecule has 5 heteroatoms. The number of nitrogens with zero attached hydrogens (tertiary/aromatic N) is 1. The fourth-order valence-corrected chi connectivity index (χ4v) is 1.80. The van der Waals surface area contributed by atoms with Crippen LogP contribution in [0.3, 0.4) is 0 Å². The molecule has 0 aliphatic carbocycles. The molecule has 2 amide bonds. The molecule has 0 saturated carbocycles. The summed E-state index contributed by atoms with van der Waals surface area (Å²) in [6.45, 7) is 3.19. The molecule has 0 atom stereocenters. The van der Waals surface area contributed by atoms with Crippen molar-refractivity contribution in [2.24, 2.45) is 0 Å². The van der Waals surface area contributed by atoms with Crippen molar-refractivity contribution in [2.75, 3.05) is 32.7 Å². The van der Waals surface area contributed by atoms with Gasteiger partial charge in [0.25, 0.3) is 0 Å². The average Bonchev–Trinajstić information content (AvgIpc) is 2.42. The van der Waals surface area contributed by atoms with Crippen LogP contribution in [0.25, 0.3) is 0 Å². The minimum atomic E-state index is -0.0736. The van der Waals surface area contributed by atoms with Crippen LogP contribution >= 0.6 is 0 Å². The van der Waals surface area contributed by atoms with Gasteiger partial charge in [-0.2, -0.15) is 0 Å². The molecule has 1 heterocycles. The van der Waals surface area contributed by atoms with E-state index in [9.17, 15) is 9.59 Å².